The maximum Gasteiger partial charge on any atom is 0.358 e. The summed E-state index contributed by atoms with van der Waals surface area (Å²) >= 11 is 3.00. The quantitative estimate of drug-likeness (QED) is 0.191. The molecule has 1 saturated heterocycles. The van der Waals surface area contributed by atoms with Crippen molar-refractivity contribution in [3.63, 3.8) is 0 Å². The van der Waals surface area contributed by atoms with Crippen LogP contribution in [0.3, 0.4) is 0 Å². The summed E-state index contributed by atoms with van der Waals surface area (Å²) in [6.45, 7) is 7.06. The highest BCUT2D eigenvalue weighted by atomic mass is 32.2. The number of hydrogen-bond acceptors (Lipinski definition) is 9. The first-order valence-corrected chi connectivity index (χ1v) is 14.4. The zero-order valence-corrected chi connectivity index (χ0v) is 23.3. The lowest BCUT2D eigenvalue weighted by atomic mass is 9.77. The third-order valence-electron chi connectivity index (χ3n) is 7.20. The summed E-state index contributed by atoms with van der Waals surface area (Å²) in [4.78, 5) is 46.4. The number of fused-ring (bicyclic) bond motifs is 2. The largest absolute Gasteiger partial charge is 0.424 e. The molecule has 0 aliphatic carbocycles. The van der Waals surface area contributed by atoms with Crippen LogP contribution in [0, 0.1) is 11.8 Å². The molecule has 2 aliphatic rings. The first-order valence-electron chi connectivity index (χ1n) is 12.3. The summed E-state index contributed by atoms with van der Waals surface area (Å²) in [5.74, 6) is -2.18. The summed E-state index contributed by atoms with van der Waals surface area (Å²) in [6, 6.07) is 6.71. The highest BCUT2D eigenvalue weighted by Gasteiger charge is 2.60. The van der Waals surface area contributed by atoms with Crippen LogP contribution in [0.15, 0.2) is 47.5 Å². The molecule has 1 N–H and O–H groups in total. The number of carbonyl (C=O) groups excluding carboxylic acids is 3. The van der Waals surface area contributed by atoms with Crippen molar-refractivity contribution in [1.82, 2.24) is 14.3 Å². The Morgan fingerprint density at radius 2 is 1.84 bits per heavy atom. The minimum atomic E-state index is -0.850. The lowest BCUT2D eigenvalue weighted by molar-refractivity contribution is -0.166. The summed E-state index contributed by atoms with van der Waals surface area (Å²) in [7, 11) is 0. The molecule has 38 heavy (non-hydrogen) atoms. The second-order valence-corrected chi connectivity index (χ2v) is 11.7. The molecule has 0 radical (unpaired) electrons. The number of aromatic nitrogens is 2. The number of amides is 1. The monoisotopic (exact) mass is 555 g/mol. The van der Waals surface area contributed by atoms with Crippen LogP contribution in [0.25, 0.3) is 10.4 Å². The zero-order chi connectivity index (χ0) is 27.3. The first kappa shape index (κ1) is 26.5. The normalized spacial score (nSPS) is 21.6. The predicted octanol–water partition coefficient (Wildman–Crippen LogP) is 4.17. The van der Waals surface area contributed by atoms with E-state index in [-0.39, 0.29) is 23.6 Å². The van der Waals surface area contributed by atoms with Gasteiger partial charge in [0, 0.05) is 17.7 Å². The molecule has 11 heteroatoms. The van der Waals surface area contributed by atoms with Gasteiger partial charge in [-0.05, 0) is 36.8 Å². The number of thioether (sulfide) groups is 1. The molecule has 0 spiro atoms. The highest BCUT2D eigenvalue weighted by molar-refractivity contribution is 7.98. The number of rotatable bonds is 8. The van der Waals surface area contributed by atoms with Crippen molar-refractivity contribution in [3.05, 3.63) is 58.5 Å². The molecule has 1 aromatic carbocycles. The Hall–Kier alpha value is -3.15. The van der Waals surface area contributed by atoms with Gasteiger partial charge in [0.05, 0.1) is 28.5 Å². The molecular formula is C27H29N3O6S2. The van der Waals surface area contributed by atoms with Gasteiger partial charge >= 0.3 is 11.9 Å². The summed E-state index contributed by atoms with van der Waals surface area (Å²) < 4.78 is 12.5. The second kappa shape index (κ2) is 10.2. The average molecular weight is 556 g/mol. The van der Waals surface area contributed by atoms with Crippen LogP contribution in [-0.2, 0) is 19.1 Å². The number of β-lactam (4-membered cyclic amide) rings is 1. The maximum atomic E-state index is 13.4. The van der Waals surface area contributed by atoms with Gasteiger partial charge in [0.1, 0.15) is 21.9 Å². The van der Waals surface area contributed by atoms with Crippen LogP contribution in [0.2, 0.25) is 0 Å². The smallest absolute Gasteiger partial charge is 0.358 e. The number of hydrogen-bond donors (Lipinski definition) is 1. The van der Waals surface area contributed by atoms with Crippen molar-refractivity contribution < 1.29 is 29.0 Å². The van der Waals surface area contributed by atoms with Gasteiger partial charge in [0.2, 0.25) is 12.7 Å². The number of ether oxygens (including phenoxy) is 2. The second-order valence-electron chi connectivity index (χ2n) is 9.84. The van der Waals surface area contributed by atoms with Crippen molar-refractivity contribution >= 4 is 51.3 Å². The topological polar surface area (TPSA) is 110 Å². The minimum absolute atomic E-state index is 0.130. The number of imidazole rings is 1. The third-order valence-corrected chi connectivity index (χ3v) is 9.15. The van der Waals surface area contributed by atoms with Crippen molar-refractivity contribution in [2.75, 3.05) is 13.0 Å². The van der Waals surface area contributed by atoms with Gasteiger partial charge in [-0.15, -0.1) is 23.1 Å². The van der Waals surface area contributed by atoms with E-state index in [9.17, 15) is 19.5 Å². The minimum Gasteiger partial charge on any atom is -0.424 e. The van der Waals surface area contributed by atoms with Crippen LogP contribution in [0.5, 0.6) is 0 Å². The fourth-order valence-electron chi connectivity index (χ4n) is 5.22. The van der Waals surface area contributed by atoms with Gasteiger partial charge in [-0.1, -0.05) is 32.9 Å². The molecule has 4 atom stereocenters. The number of esters is 2. The van der Waals surface area contributed by atoms with Gasteiger partial charge < -0.3 is 19.5 Å². The van der Waals surface area contributed by atoms with Crippen LogP contribution >= 0.6 is 23.1 Å². The molecule has 4 heterocycles. The third kappa shape index (κ3) is 4.32. The van der Waals surface area contributed by atoms with Crippen molar-refractivity contribution in [3.8, 4) is 0 Å². The summed E-state index contributed by atoms with van der Waals surface area (Å²) in [5.41, 5.74) is 2.25. The Morgan fingerprint density at radius 1 is 1.16 bits per heavy atom. The van der Waals surface area contributed by atoms with E-state index in [0.29, 0.717) is 17.1 Å². The van der Waals surface area contributed by atoms with Gasteiger partial charge in [0.15, 0.2) is 0 Å². The number of carbonyl (C=O) groups is 3. The molecule has 1 amide bonds. The van der Waals surface area contributed by atoms with Crippen LogP contribution in [0.4, 0.5) is 0 Å². The van der Waals surface area contributed by atoms with E-state index in [1.807, 2.05) is 35.9 Å². The number of nitrogens with zero attached hydrogens (tertiary/aromatic N) is 3. The Kier molecular flexibility index (Phi) is 7.10. The number of thiazole rings is 1. The van der Waals surface area contributed by atoms with Gasteiger partial charge in [-0.25, -0.2) is 14.6 Å². The Balaban J connectivity index is 1.39. The molecule has 9 nitrogen and oxygen atoms in total. The summed E-state index contributed by atoms with van der Waals surface area (Å²) in [6.07, 6.45) is 4.70. The van der Waals surface area contributed by atoms with E-state index in [0.717, 1.165) is 20.3 Å². The molecule has 2 aliphatic heterocycles. The molecule has 2 aromatic heterocycles. The van der Waals surface area contributed by atoms with E-state index in [1.165, 1.54) is 28.0 Å². The number of benzene rings is 1. The highest BCUT2D eigenvalue weighted by Crippen LogP contribution is 2.52. The van der Waals surface area contributed by atoms with Gasteiger partial charge in [0.25, 0.3) is 0 Å². The first-order chi connectivity index (χ1) is 18.1. The van der Waals surface area contributed by atoms with Crippen molar-refractivity contribution in [1.29, 1.82) is 0 Å². The van der Waals surface area contributed by atoms with Gasteiger partial charge in [-0.2, -0.15) is 0 Å². The molecule has 0 saturated carbocycles. The molecular weight excluding hydrogens is 526 g/mol. The fraction of sp³-hybridized carbons (Fsp3) is 0.407. The van der Waals surface area contributed by atoms with E-state index in [2.05, 4.69) is 18.8 Å². The Labute approximate surface area is 228 Å². The molecule has 1 fully saturated rings. The maximum absolute atomic E-state index is 13.4. The molecule has 5 rings (SSSR count). The lowest BCUT2D eigenvalue weighted by Crippen LogP contribution is -2.63. The van der Waals surface area contributed by atoms with Crippen molar-refractivity contribution in [2.45, 2.75) is 50.8 Å². The molecule has 3 aromatic rings. The molecule has 0 unspecified atom stereocenters. The van der Waals surface area contributed by atoms with E-state index in [4.69, 9.17) is 9.47 Å². The fourth-order valence-corrected chi connectivity index (χ4v) is 7.14. The van der Waals surface area contributed by atoms with Crippen LogP contribution < -0.4 is 0 Å². The van der Waals surface area contributed by atoms with Crippen molar-refractivity contribution in [2.24, 2.45) is 11.8 Å². The van der Waals surface area contributed by atoms with E-state index >= 15 is 0 Å². The van der Waals surface area contributed by atoms with E-state index < -0.39 is 30.8 Å². The SMILES string of the molecule is CSc1ncn2cc(C3=C(C(=O)OCOC(=O)c4ccc(C(C)C)cc4)N4C(=O)[C@H]([C@@H](C)O)[C@H]4[C@H]3C)sc12. The number of aliphatic hydroxyl groups excluding tert-OH is 1. The Morgan fingerprint density at radius 3 is 2.47 bits per heavy atom. The Bertz CT molecular complexity index is 1440. The number of aliphatic hydroxyl groups is 1. The van der Waals surface area contributed by atoms with E-state index in [1.54, 1.807) is 25.4 Å². The standard InChI is InChI=1S/C27H29N3O6S2/c1-13(2)16-6-8-17(9-7-16)26(33)35-12-36-27(34)22-19(14(3)21-20(15(4)31)24(32)30(21)22)18-10-29-11-28-23(37-5)25(29)38-18/h6-11,13-15,20-21,31H,12H2,1-5H3/t14-,15+,20+,21+/m0/s1. The molecule has 0 bridgehead atoms. The summed E-state index contributed by atoms with van der Waals surface area (Å²) in [5, 5.41) is 11.1. The molecule has 200 valence electrons. The zero-order valence-electron chi connectivity index (χ0n) is 21.7. The average Bonchev–Trinajstić information content (AvgIpc) is 3.53. The predicted molar refractivity (Wildman–Crippen MR) is 144 cm³/mol. The van der Waals surface area contributed by atoms with Crippen LogP contribution in [0.1, 0.15) is 54.4 Å². The lowest BCUT2D eigenvalue weighted by Gasteiger charge is -2.46. The van der Waals surface area contributed by atoms with Gasteiger partial charge in [-0.3, -0.25) is 9.20 Å². The van der Waals surface area contributed by atoms with Crippen LogP contribution in [-0.4, -0.2) is 62.4 Å².